The second-order valence-corrected chi connectivity index (χ2v) is 7.94. The van der Waals surface area contributed by atoms with Crippen molar-refractivity contribution in [3.05, 3.63) is 47.5 Å². The lowest BCUT2D eigenvalue weighted by atomic mass is 10.1. The van der Waals surface area contributed by atoms with Crippen molar-refractivity contribution in [3.8, 4) is 5.88 Å². The summed E-state index contributed by atoms with van der Waals surface area (Å²) in [5, 5.41) is 4.31. The maximum Gasteiger partial charge on any atom is 0.337 e. The van der Waals surface area contributed by atoms with Gasteiger partial charge >= 0.3 is 5.97 Å². The van der Waals surface area contributed by atoms with Crippen molar-refractivity contribution >= 4 is 23.7 Å². The third-order valence-electron chi connectivity index (χ3n) is 5.62. The largest absolute Gasteiger partial charge is 0.476 e. The zero-order valence-electron chi connectivity index (χ0n) is 19.4. The highest BCUT2D eigenvalue weighted by Crippen LogP contribution is 2.25. The van der Waals surface area contributed by atoms with Gasteiger partial charge in [0.05, 0.1) is 45.3 Å². The summed E-state index contributed by atoms with van der Waals surface area (Å²) in [6.07, 6.45) is 1.63. The molecule has 1 aromatic heterocycles. The Morgan fingerprint density at radius 2 is 1.88 bits per heavy atom. The second-order valence-electron chi connectivity index (χ2n) is 7.94. The molecular formula is C24H31N5O5. The molecule has 2 aromatic rings. The number of carbonyl (C=O) groups is 1. The molecule has 0 atom stereocenters. The minimum absolute atomic E-state index is 0.387. The van der Waals surface area contributed by atoms with Crippen molar-refractivity contribution in [3.63, 3.8) is 0 Å². The van der Waals surface area contributed by atoms with Gasteiger partial charge in [0, 0.05) is 50.5 Å². The van der Waals surface area contributed by atoms with Gasteiger partial charge in [-0.1, -0.05) is 12.1 Å². The van der Waals surface area contributed by atoms with E-state index in [9.17, 15) is 4.79 Å². The molecule has 0 unspecified atom stereocenters. The molecule has 182 valence electrons. The van der Waals surface area contributed by atoms with Crippen LogP contribution >= 0.6 is 0 Å². The molecule has 0 aliphatic carbocycles. The van der Waals surface area contributed by atoms with Crippen LogP contribution in [0.3, 0.4) is 0 Å². The first kappa shape index (κ1) is 23.9. The van der Waals surface area contributed by atoms with Crippen molar-refractivity contribution in [1.82, 2.24) is 9.88 Å². The SMILES string of the molecule is COC(=O)c1cccc(C=NNc2cc(N3CCOCC3)cc(OCCN3CCOCC3)n2)c1. The molecule has 34 heavy (non-hydrogen) atoms. The summed E-state index contributed by atoms with van der Waals surface area (Å²) in [5.41, 5.74) is 5.23. The molecule has 2 saturated heterocycles. The topological polar surface area (TPSA) is 97.8 Å². The number of morpholine rings is 2. The summed E-state index contributed by atoms with van der Waals surface area (Å²) >= 11 is 0. The van der Waals surface area contributed by atoms with Gasteiger partial charge in [0.2, 0.25) is 5.88 Å². The van der Waals surface area contributed by atoms with Gasteiger partial charge in [-0.2, -0.15) is 10.1 Å². The lowest BCUT2D eigenvalue weighted by Crippen LogP contribution is -2.38. The van der Waals surface area contributed by atoms with Gasteiger partial charge in [0.1, 0.15) is 6.61 Å². The molecule has 0 bridgehead atoms. The summed E-state index contributed by atoms with van der Waals surface area (Å²) < 4.78 is 21.7. The van der Waals surface area contributed by atoms with Crippen LogP contribution < -0.4 is 15.1 Å². The number of esters is 1. The Hall–Kier alpha value is -3.21. The van der Waals surface area contributed by atoms with Crippen LogP contribution in [0.2, 0.25) is 0 Å². The van der Waals surface area contributed by atoms with Crippen molar-refractivity contribution in [1.29, 1.82) is 0 Å². The Morgan fingerprint density at radius 3 is 2.65 bits per heavy atom. The van der Waals surface area contributed by atoms with Crippen LogP contribution in [0.15, 0.2) is 41.5 Å². The van der Waals surface area contributed by atoms with E-state index < -0.39 is 0 Å². The maximum atomic E-state index is 11.7. The standard InChI is InChI=1S/C24H31N5O5/c1-31-24(30)20-4-2-3-19(15-20)18-25-27-22-16-21(29-8-12-33-13-9-29)17-23(26-22)34-14-7-28-5-10-32-11-6-28/h2-4,15-18H,5-14H2,1H3,(H,26,27). The summed E-state index contributed by atoms with van der Waals surface area (Å²) in [4.78, 5) is 20.9. The van der Waals surface area contributed by atoms with Crippen LogP contribution in [0.5, 0.6) is 5.88 Å². The monoisotopic (exact) mass is 469 g/mol. The zero-order chi connectivity index (χ0) is 23.6. The highest BCUT2D eigenvalue weighted by atomic mass is 16.5. The van der Waals surface area contributed by atoms with Crippen molar-refractivity contribution in [2.75, 3.05) is 83.2 Å². The Bertz CT molecular complexity index is 974. The fraction of sp³-hybridized carbons (Fsp3) is 0.458. The molecular weight excluding hydrogens is 438 g/mol. The van der Waals surface area contributed by atoms with Gasteiger partial charge < -0.3 is 23.8 Å². The van der Waals surface area contributed by atoms with Crippen LogP contribution in [0, 0.1) is 0 Å². The van der Waals surface area contributed by atoms with Crippen LogP contribution in [0.1, 0.15) is 15.9 Å². The molecule has 4 rings (SSSR count). The number of anilines is 2. The third-order valence-corrected chi connectivity index (χ3v) is 5.62. The van der Waals surface area contributed by atoms with E-state index in [1.54, 1.807) is 24.4 Å². The number of methoxy groups -OCH3 is 1. The summed E-state index contributed by atoms with van der Waals surface area (Å²) in [6.45, 7) is 7.72. The number of rotatable bonds is 9. The molecule has 2 fully saturated rings. The average Bonchev–Trinajstić information content (AvgIpc) is 2.89. The molecule has 2 aliphatic heterocycles. The lowest BCUT2D eigenvalue weighted by Gasteiger charge is -2.29. The first-order valence-corrected chi connectivity index (χ1v) is 11.5. The quantitative estimate of drug-likeness (QED) is 0.335. The number of ether oxygens (including phenoxy) is 4. The number of pyridine rings is 1. The van der Waals surface area contributed by atoms with E-state index in [1.165, 1.54) is 7.11 Å². The average molecular weight is 470 g/mol. The van der Waals surface area contributed by atoms with Gasteiger partial charge in [0.25, 0.3) is 0 Å². The normalized spacial score (nSPS) is 17.0. The van der Waals surface area contributed by atoms with E-state index in [0.29, 0.717) is 37.1 Å². The van der Waals surface area contributed by atoms with E-state index in [0.717, 1.165) is 57.2 Å². The van der Waals surface area contributed by atoms with Crippen molar-refractivity contribution in [2.24, 2.45) is 5.10 Å². The molecule has 0 radical (unpaired) electrons. The van der Waals surface area contributed by atoms with Gasteiger partial charge in [-0.3, -0.25) is 10.3 Å². The number of aromatic nitrogens is 1. The Kier molecular flexibility index (Phi) is 8.66. The molecule has 3 heterocycles. The third kappa shape index (κ3) is 6.89. The molecule has 1 N–H and O–H groups in total. The maximum absolute atomic E-state index is 11.7. The van der Waals surface area contributed by atoms with Crippen LogP contribution in [0.4, 0.5) is 11.5 Å². The second kappa shape index (κ2) is 12.3. The highest BCUT2D eigenvalue weighted by Gasteiger charge is 2.15. The molecule has 0 amide bonds. The van der Waals surface area contributed by atoms with E-state index in [2.05, 4.69) is 25.3 Å². The smallest absolute Gasteiger partial charge is 0.337 e. The molecule has 0 saturated carbocycles. The first-order valence-electron chi connectivity index (χ1n) is 11.5. The summed E-state index contributed by atoms with van der Waals surface area (Å²) in [5.74, 6) is 0.732. The van der Waals surface area contributed by atoms with E-state index in [1.807, 2.05) is 18.2 Å². The van der Waals surface area contributed by atoms with Gasteiger partial charge in [0.15, 0.2) is 5.82 Å². The van der Waals surface area contributed by atoms with Gasteiger partial charge in [-0.15, -0.1) is 0 Å². The Morgan fingerprint density at radius 1 is 1.12 bits per heavy atom. The lowest BCUT2D eigenvalue weighted by molar-refractivity contribution is 0.0320. The number of hydrazone groups is 1. The fourth-order valence-electron chi connectivity index (χ4n) is 3.77. The molecule has 10 nitrogen and oxygen atoms in total. The minimum atomic E-state index is -0.387. The zero-order valence-corrected chi connectivity index (χ0v) is 19.4. The molecule has 10 heteroatoms. The van der Waals surface area contributed by atoms with Crippen LogP contribution in [-0.4, -0.2) is 94.9 Å². The van der Waals surface area contributed by atoms with E-state index in [-0.39, 0.29) is 5.97 Å². The number of hydrogen-bond acceptors (Lipinski definition) is 10. The number of carbonyl (C=O) groups excluding carboxylic acids is 1. The molecule has 2 aliphatic rings. The number of benzene rings is 1. The van der Waals surface area contributed by atoms with E-state index >= 15 is 0 Å². The Balaban J connectivity index is 1.43. The molecule has 1 aromatic carbocycles. The minimum Gasteiger partial charge on any atom is -0.476 e. The van der Waals surface area contributed by atoms with Gasteiger partial charge in [-0.05, 0) is 17.7 Å². The number of nitrogens with one attached hydrogen (secondary N) is 1. The van der Waals surface area contributed by atoms with Crippen molar-refractivity contribution < 1.29 is 23.7 Å². The number of hydrogen-bond donors (Lipinski definition) is 1. The summed E-state index contributed by atoms with van der Waals surface area (Å²) in [7, 11) is 1.36. The van der Waals surface area contributed by atoms with Gasteiger partial charge in [-0.25, -0.2) is 4.79 Å². The van der Waals surface area contributed by atoms with Crippen LogP contribution in [0.25, 0.3) is 0 Å². The summed E-state index contributed by atoms with van der Waals surface area (Å²) in [6, 6.07) is 11.0. The fourth-order valence-corrected chi connectivity index (χ4v) is 3.77. The van der Waals surface area contributed by atoms with Crippen molar-refractivity contribution in [2.45, 2.75) is 0 Å². The molecule has 0 spiro atoms. The first-order chi connectivity index (χ1) is 16.7. The predicted molar refractivity (Wildman–Crippen MR) is 129 cm³/mol. The van der Waals surface area contributed by atoms with E-state index in [4.69, 9.17) is 18.9 Å². The Labute approximate surface area is 199 Å². The number of nitrogens with zero attached hydrogens (tertiary/aromatic N) is 4. The predicted octanol–water partition coefficient (Wildman–Crippen LogP) is 1.86. The van der Waals surface area contributed by atoms with Crippen LogP contribution in [-0.2, 0) is 14.2 Å². The highest BCUT2D eigenvalue weighted by molar-refractivity contribution is 5.92.